The van der Waals surface area contributed by atoms with E-state index in [0.717, 1.165) is 18.4 Å². The van der Waals surface area contributed by atoms with Crippen molar-refractivity contribution in [2.75, 3.05) is 0 Å². The predicted molar refractivity (Wildman–Crippen MR) is 64.8 cm³/mol. The minimum absolute atomic E-state index is 0.0801. The number of hydrogen-bond acceptors (Lipinski definition) is 2. The van der Waals surface area contributed by atoms with Crippen molar-refractivity contribution in [1.29, 1.82) is 0 Å². The molecule has 3 heteroatoms. The summed E-state index contributed by atoms with van der Waals surface area (Å²) in [6, 6.07) is 0.637. The summed E-state index contributed by atoms with van der Waals surface area (Å²) >= 11 is 0. The van der Waals surface area contributed by atoms with E-state index < -0.39 is 0 Å². The lowest BCUT2D eigenvalue weighted by atomic mass is 9.95. The van der Waals surface area contributed by atoms with E-state index in [2.05, 4.69) is 10.6 Å². The average molecular weight is 220 g/mol. The van der Waals surface area contributed by atoms with Crippen LogP contribution >= 0.6 is 0 Å². The lowest BCUT2D eigenvalue weighted by Crippen LogP contribution is -2.38. The van der Waals surface area contributed by atoms with Gasteiger partial charge in [-0.2, -0.15) is 0 Å². The van der Waals surface area contributed by atoms with E-state index >= 15 is 0 Å². The van der Waals surface area contributed by atoms with Crippen molar-refractivity contribution in [2.24, 2.45) is 0 Å². The lowest BCUT2D eigenvalue weighted by Gasteiger charge is -2.23. The molecule has 0 aromatic carbocycles. The summed E-state index contributed by atoms with van der Waals surface area (Å²) in [6.45, 7) is 2.04. The molecule has 1 heterocycles. The Morgan fingerprint density at radius 2 is 2.12 bits per heavy atom. The van der Waals surface area contributed by atoms with E-state index in [4.69, 9.17) is 0 Å². The van der Waals surface area contributed by atoms with Gasteiger partial charge in [0.25, 0.3) is 5.91 Å². The Labute approximate surface area is 97.0 Å². The Kier molecular flexibility index (Phi) is 3.65. The molecule has 1 atom stereocenters. The smallest absolute Gasteiger partial charge is 0.251 e. The van der Waals surface area contributed by atoms with Crippen LogP contribution in [0.25, 0.3) is 0 Å². The summed E-state index contributed by atoms with van der Waals surface area (Å²) in [5, 5.41) is 6.26. The van der Waals surface area contributed by atoms with Crippen LogP contribution in [0.5, 0.6) is 0 Å². The second-order valence-corrected chi connectivity index (χ2v) is 4.72. The van der Waals surface area contributed by atoms with Crippen LogP contribution in [-0.4, -0.2) is 18.0 Å². The van der Waals surface area contributed by atoms with E-state index in [9.17, 15) is 4.79 Å². The van der Waals surface area contributed by atoms with E-state index in [1.54, 1.807) is 0 Å². The monoisotopic (exact) mass is 220 g/mol. The zero-order valence-corrected chi connectivity index (χ0v) is 9.83. The van der Waals surface area contributed by atoms with Crippen LogP contribution in [0.2, 0.25) is 0 Å². The topological polar surface area (TPSA) is 41.1 Å². The third kappa shape index (κ3) is 2.87. The first-order valence-corrected chi connectivity index (χ1v) is 6.21. The number of dihydropyridines is 1. The zero-order chi connectivity index (χ0) is 11.4. The van der Waals surface area contributed by atoms with Crippen molar-refractivity contribution in [2.45, 2.75) is 51.1 Å². The van der Waals surface area contributed by atoms with Crippen molar-refractivity contribution in [3.05, 3.63) is 23.9 Å². The molecule has 0 aromatic heterocycles. The molecule has 0 aromatic rings. The van der Waals surface area contributed by atoms with Gasteiger partial charge in [-0.1, -0.05) is 19.3 Å². The van der Waals surface area contributed by atoms with Crippen LogP contribution < -0.4 is 10.6 Å². The molecule has 0 spiro atoms. The predicted octanol–water partition coefficient (Wildman–Crippen LogP) is 1.87. The maximum absolute atomic E-state index is 12.0. The Morgan fingerprint density at radius 3 is 2.81 bits per heavy atom. The van der Waals surface area contributed by atoms with Crippen LogP contribution in [0.4, 0.5) is 0 Å². The number of hydrogen-bond donors (Lipinski definition) is 2. The highest BCUT2D eigenvalue weighted by molar-refractivity contribution is 5.96. The molecule has 16 heavy (non-hydrogen) atoms. The van der Waals surface area contributed by atoms with Gasteiger partial charge in [0.2, 0.25) is 0 Å². The molecule has 0 bridgehead atoms. The number of carbonyl (C=O) groups is 1. The van der Waals surface area contributed by atoms with Crippen LogP contribution in [0, 0.1) is 0 Å². The van der Waals surface area contributed by atoms with Gasteiger partial charge in [-0.25, -0.2) is 0 Å². The maximum atomic E-state index is 12.0. The fourth-order valence-corrected chi connectivity index (χ4v) is 2.33. The van der Waals surface area contributed by atoms with E-state index in [0.29, 0.717) is 6.04 Å². The molecular weight excluding hydrogens is 200 g/mol. The van der Waals surface area contributed by atoms with E-state index in [1.165, 1.54) is 19.3 Å². The highest BCUT2D eigenvalue weighted by atomic mass is 16.1. The molecule has 0 saturated heterocycles. The van der Waals surface area contributed by atoms with Crippen LogP contribution in [0.1, 0.15) is 39.0 Å². The van der Waals surface area contributed by atoms with Crippen molar-refractivity contribution in [3.63, 3.8) is 0 Å². The number of rotatable bonds is 2. The second kappa shape index (κ2) is 5.19. The van der Waals surface area contributed by atoms with E-state index in [1.807, 2.05) is 25.3 Å². The van der Waals surface area contributed by atoms with Gasteiger partial charge in [0.05, 0.1) is 0 Å². The Balaban J connectivity index is 1.89. The highest BCUT2D eigenvalue weighted by Gasteiger charge is 2.18. The summed E-state index contributed by atoms with van der Waals surface area (Å²) in [6.07, 6.45) is 11.7. The Hall–Kier alpha value is -1.25. The quantitative estimate of drug-likeness (QED) is 0.746. The number of amides is 1. The molecule has 1 fully saturated rings. The third-order valence-corrected chi connectivity index (χ3v) is 3.25. The van der Waals surface area contributed by atoms with Crippen LogP contribution in [-0.2, 0) is 4.79 Å². The SMILES string of the molecule is CC1C=C(C(=O)NC2CCCCC2)C=CN1. The zero-order valence-electron chi connectivity index (χ0n) is 9.83. The highest BCUT2D eigenvalue weighted by Crippen LogP contribution is 2.18. The Morgan fingerprint density at radius 1 is 1.38 bits per heavy atom. The standard InChI is InChI=1S/C13H20N2O/c1-10-9-11(7-8-14-10)13(16)15-12-5-3-2-4-6-12/h7-10,12,14H,2-6H2,1H3,(H,15,16). The molecule has 3 nitrogen and oxygen atoms in total. The maximum Gasteiger partial charge on any atom is 0.251 e. The van der Waals surface area contributed by atoms with Crippen molar-refractivity contribution < 1.29 is 4.79 Å². The fourth-order valence-electron chi connectivity index (χ4n) is 2.33. The average Bonchev–Trinajstić information content (AvgIpc) is 2.30. The normalized spacial score (nSPS) is 25.8. The number of carbonyl (C=O) groups excluding carboxylic acids is 1. The summed E-state index contributed by atoms with van der Waals surface area (Å²) in [5.41, 5.74) is 0.789. The molecule has 88 valence electrons. The van der Waals surface area contributed by atoms with Crippen molar-refractivity contribution in [1.82, 2.24) is 10.6 Å². The van der Waals surface area contributed by atoms with Gasteiger partial charge >= 0.3 is 0 Å². The number of nitrogens with one attached hydrogen (secondary N) is 2. The van der Waals surface area contributed by atoms with Crippen molar-refractivity contribution >= 4 is 5.91 Å². The van der Waals surface area contributed by atoms with Crippen LogP contribution in [0.15, 0.2) is 23.9 Å². The first-order valence-electron chi connectivity index (χ1n) is 6.21. The summed E-state index contributed by atoms with van der Waals surface area (Å²) in [7, 11) is 0. The molecule has 1 aliphatic carbocycles. The van der Waals surface area contributed by atoms with Crippen molar-refractivity contribution in [3.8, 4) is 0 Å². The summed E-state index contributed by atoms with van der Waals surface area (Å²) in [4.78, 5) is 12.0. The minimum atomic E-state index is 0.0801. The van der Waals surface area contributed by atoms with Gasteiger partial charge in [0, 0.05) is 17.7 Å². The molecule has 1 saturated carbocycles. The van der Waals surface area contributed by atoms with Gasteiger partial charge in [-0.05, 0) is 38.1 Å². The molecule has 1 amide bonds. The molecule has 2 N–H and O–H groups in total. The molecule has 2 aliphatic rings. The molecule has 0 radical (unpaired) electrons. The third-order valence-electron chi connectivity index (χ3n) is 3.25. The molecule has 2 rings (SSSR count). The lowest BCUT2D eigenvalue weighted by molar-refractivity contribution is -0.118. The van der Waals surface area contributed by atoms with Gasteiger partial charge in [-0.3, -0.25) is 4.79 Å². The summed E-state index contributed by atoms with van der Waals surface area (Å²) in [5.74, 6) is 0.0801. The minimum Gasteiger partial charge on any atom is -0.385 e. The van der Waals surface area contributed by atoms with Gasteiger partial charge < -0.3 is 10.6 Å². The first kappa shape index (κ1) is 11.2. The van der Waals surface area contributed by atoms with Gasteiger partial charge in [0.1, 0.15) is 0 Å². The van der Waals surface area contributed by atoms with E-state index in [-0.39, 0.29) is 11.9 Å². The largest absolute Gasteiger partial charge is 0.385 e. The van der Waals surface area contributed by atoms with Crippen LogP contribution in [0.3, 0.4) is 0 Å². The molecule has 1 aliphatic heterocycles. The van der Waals surface area contributed by atoms with Gasteiger partial charge in [-0.15, -0.1) is 0 Å². The second-order valence-electron chi connectivity index (χ2n) is 4.72. The Bertz CT molecular complexity index is 314. The first-order chi connectivity index (χ1) is 7.75. The molecular formula is C13H20N2O. The fraction of sp³-hybridized carbons (Fsp3) is 0.615. The van der Waals surface area contributed by atoms with Gasteiger partial charge in [0.15, 0.2) is 0 Å². The molecule has 1 unspecified atom stereocenters. The summed E-state index contributed by atoms with van der Waals surface area (Å²) < 4.78 is 0.